The molecule has 11 heteroatoms. The SMILES string of the molecule is O=C1CCCN1c1ccc(NS(=O)(=O)c2ccc(S(=O)(=O)N3CCOCC3)cc2)cc1. The number of sulfonamides is 2. The third-order valence-corrected chi connectivity index (χ3v) is 8.56. The van der Waals surface area contributed by atoms with Crippen molar-refractivity contribution >= 4 is 37.3 Å². The lowest BCUT2D eigenvalue weighted by Crippen LogP contribution is -2.40. The van der Waals surface area contributed by atoms with E-state index in [0.29, 0.717) is 31.9 Å². The molecule has 0 spiro atoms. The molecule has 0 atom stereocenters. The van der Waals surface area contributed by atoms with Crippen LogP contribution in [0.4, 0.5) is 11.4 Å². The van der Waals surface area contributed by atoms with E-state index in [2.05, 4.69) is 4.72 Å². The summed E-state index contributed by atoms with van der Waals surface area (Å²) in [5.74, 6) is 0.0560. The summed E-state index contributed by atoms with van der Waals surface area (Å²) in [7, 11) is -7.60. The van der Waals surface area contributed by atoms with Crippen LogP contribution in [-0.4, -0.2) is 59.9 Å². The summed E-state index contributed by atoms with van der Waals surface area (Å²) in [6.45, 7) is 1.86. The van der Waals surface area contributed by atoms with Crippen molar-refractivity contribution in [3.63, 3.8) is 0 Å². The molecule has 1 amide bonds. The smallest absolute Gasteiger partial charge is 0.261 e. The van der Waals surface area contributed by atoms with Crippen LogP contribution in [0.25, 0.3) is 0 Å². The second-order valence-electron chi connectivity index (χ2n) is 7.29. The molecule has 0 radical (unpaired) electrons. The van der Waals surface area contributed by atoms with E-state index in [1.807, 2.05) is 0 Å². The van der Waals surface area contributed by atoms with Crippen LogP contribution < -0.4 is 9.62 Å². The number of anilines is 2. The average Bonchev–Trinajstić information content (AvgIpc) is 3.20. The van der Waals surface area contributed by atoms with E-state index in [1.165, 1.54) is 28.6 Å². The largest absolute Gasteiger partial charge is 0.379 e. The van der Waals surface area contributed by atoms with Gasteiger partial charge in [0, 0.05) is 37.4 Å². The lowest BCUT2D eigenvalue weighted by molar-refractivity contribution is -0.117. The Hall–Kier alpha value is -2.47. The molecular weight excluding hydrogens is 442 g/mol. The molecule has 9 nitrogen and oxygen atoms in total. The lowest BCUT2D eigenvalue weighted by atomic mass is 10.2. The molecule has 0 unspecified atom stereocenters. The Kier molecular flexibility index (Phi) is 6.02. The fourth-order valence-electron chi connectivity index (χ4n) is 3.57. The van der Waals surface area contributed by atoms with Gasteiger partial charge in [-0.3, -0.25) is 9.52 Å². The molecule has 0 bridgehead atoms. The number of amides is 1. The Labute approximate surface area is 181 Å². The highest BCUT2D eigenvalue weighted by Gasteiger charge is 2.27. The first-order valence-corrected chi connectivity index (χ1v) is 12.8. The number of rotatable bonds is 6. The first-order chi connectivity index (χ1) is 14.8. The van der Waals surface area contributed by atoms with Crippen molar-refractivity contribution in [2.75, 3.05) is 42.5 Å². The monoisotopic (exact) mass is 465 g/mol. The van der Waals surface area contributed by atoms with Crippen molar-refractivity contribution in [2.24, 2.45) is 0 Å². The number of hydrogen-bond acceptors (Lipinski definition) is 6. The van der Waals surface area contributed by atoms with E-state index in [9.17, 15) is 21.6 Å². The first-order valence-electron chi connectivity index (χ1n) is 9.89. The van der Waals surface area contributed by atoms with Crippen molar-refractivity contribution in [3.05, 3.63) is 48.5 Å². The summed E-state index contributed by atoms with van der Waals surface area (Å²) in [5.41, 5.74) is 1.07. The molecule has 2 fully saturated rings. The second kappa shape index (κ2) is 8.58. The van der Waals surface area contributed by atoms with Gasteiger partial charge in [0.1, 0.15) is 0 Å². The van der Waals surface area contributed by atoms with Gasteiger partial charge in [-0.05, 0) is 55.0 Å². The van der Waals surface area contributed by atoms with Gasteiger partial charge < -0.3 is 9.64 Å². The highest BCUT2D eigenvalue weighted by atomic mass is 32.2. The zero-order chi connectivity index (χ0) is 22.1. The Morgan fingerprint density at radius 3 is 2.00 bits per heavy atom. The molecule has 0 aliphatic carbocycles. The van der Waals surface area contributed by atoms with E-state index in [0.717, 1.165) is 12.1 Å². The highest BCUT2D eigenvalue weighted by molar-refractivity contribution is 7.92. The van der Waals surface area contributed by atoms with Crippen LogP contribution in [0.15, 0.2) is 58.3 Å². The molecule has 4 rings (SSSR count). The Bertz CT molecular complexity index is 1160. The predicted octanol–water partition coefficient (Wildman–Crippen LogP) is 1.64. The van der Waals surface area contributed by atoms with Crippen molar-refractivity contribution in [1.82, 2.24) is 4.31 Å². The number of carbonyl (C=O) groups is 1. The Morgan fingerprint density at radius 1 is 0.806 bits per heavy atom. The molecule has 2 heterocycles. The van der Waals surface area contributed by atoms with E-state index < -0.39 is 20.0 Å². The van der Waals surface area contributed by atoms with Gasteiger partial charge in [-0.15, -0.1) is 0 Å². The quantitative estimate of drug-likeness (QED) is 0.694. The molecular formula is C20H23N3O6S2. The molecule has 2 aliphatic heterocycles. The average molecular weight is 466 g/mol. The van der Waals surface area contributed by atoms with Gasteiger partial charge in [0.2, 0.25) is 15.9 Å². The second-order valence-corrected chi connectivity index (χ2v) is 10.9. The number of carbonyl (C=O) groups excluding carboxylic acids is 1. The number of benzene rings is 2. The zero-order valence-electron chi connectivity index (χ0n) is 16.7. The van der Waals surface area contributed by atoms with Gasteiger partial charge in [-0.2, -0.15) is 4.31 Å². The van der Waals surface area contributed by atoms with Gasteiger partial charge in [-0.1, -0.05) is 0 Å². The van der Waals surface area contributed by atoms with Crippen LogP contribution >= 0.6 is 0 Å². The van der Waals surface area contributed by atoms with Crippen LogP contribution in [0.3, 0.4) is 0 Å². The van der Waals surface area contributed by atoms with Crippen molar-refractivity contribution < 1.29 is 26.4 Å². The number of hydrogen-bond donors (Lipinski definition) is 1. The van der Waals surface area contributed by atoms with E-state index in [4.69, 9.17) is 4.74 Å². The van der Waals surface area contributed by atoms with E-state index >= 15 is 0 Å². The predicted molar refractivity (Wildman–Crippen MR) is 115 cm³/mol. The standard InChI is InChI=1S/C20H23N3O6S2/c24-20-2-1-11-23(20)17-5-3-16(4-6-17)21-30(25,26)18-7-9-19(10-8-18)31(27,28)22-12-14-29-15-13-22/h3-10,21H,1-2,11-15H2. The molecule has 2 aromatic carbocycles. The highest BCUT2D eigenvalue weighted by Crippen LogP contribution is 2.25. The Morgan fingerprint density at radius 2 is 1.42 bits per heavy atom. The molecule has 1 N–H and O–H groups in total. The van der Waals surface area contributed by atoms with Crippen LogP contribution in [-0.2, 0) is 29.6 Å². The number of nitrogens with zero attached hydrogens (tertiary/aromatic N) is 2. The summed E-state index contributed by atoms with van der Waals surface area (Å²) in [6, 6.07) is 11.7. The minimum atomic E-state index is -3.90. The summed E-state index contributed by atoms with van der Waals surface area (Å²) < 4.78 is 59.8. The Balaban J connectivity index is 1.48. The molecule has 31 heavy (non-hydrogen) atoms. The molecule has 2 aliphatic rings. The van der Waals surface area contributed by atoms with Crippen LogP contribution in [0.2, 0.25) is 0 Å². The van der Waals surface area contributed by atoms with Crippen molar-refractivity contribution in [1.29, 1.82) is 0 Å². The van der Waals surface area contributed by atoms with Crippen LogP contribution in [0, 0.1) is 0 Å². The minimum Gasteiger partial charge on any atom is -0.379 e. The maximum absolute atomic E-state index is 12.7. The minimum absolute atomic E-state index is 0.0352. The first kappa shape index (κ1) is 21.8. The maximum atomic E-state index is 12.7. The topological polar surface area (TPSA) is 113 Å². The number of nitrogens with one attached hydrogen (secondary N) is 1. The third kappa shape index (κ3) is 4.59. The van der Waals surface area contributed by atoms with Gasteiger partial charge in [0.25, 0.3) is 10.0 Å². The third-order valence-electron chi connectivity index (χ3n) is 5.25. The summed E-state index contributed by atoms with van der Waals surface area (Å²) in [4.78, 5) is 13.5. The lowest BCUT2D eigenvalue weighted by Gasteiger charge is -2.26. The van der Waals surface area contributed by atoms with Gasteiger partial charge >= 0.3 is 0 Å². The van der Waals surface area contributed by atoms with Gasteiger partial charge in [-0.25, -0.2) is 16.8 Å². The fraction of sp³-hybridized carbons (Fsp3) is 0.350. The van der Waals surface area contributed by atoms with Crippen molar-refractivity contribution in [3.8, 4) is 0 Å². The summed E-state index contributed by atoms with van der Waals surface area (Å²) >= 11 is 0. The van der Waals surface area contributed by atoms with E-state index in [-0.39, 0.29) is 28.8 Å². The van der Waals surface area contributed by atoms with Crippen LogP contribution in [0.5, 0.6) is 0 Å². The maximum Gasteiger partial charge on any atom is 0.261 e. The molecule has 0 saturated carbocycles. The fourth-order valence-corrected chi connectivity index (χ4v) is 6.04. The van der Waals surface area contributed by atoms with Crippen molar-refractivity contribution in [2.45, 2.75) is 22.6 Å². The molecule has 0 aromatic heterocycles. The molecule has 2 aromatic rings. The number of ether oxygens (including phenoxy) is 1. The summed E-state index contributed by atoms with van der Waals surface area (Å²) in [5, 5.41) is 0. The molecule has 2 saturated heterocycles. The van der Waals surface area contributed by atoms with Crippen LogP contribution in [0.1, 0.15) is 12.8 Å². The molecule has 166 valence electrons. The van der Waals surface area contributed by atoms with Gasteiger partial charge in [0.15, 0.2) is 0 Å². The normalized spacial score (nSPS) is 18.3. The van der Waals surface area contributed by atoms with Gasteiger partial charge in [0.05, 0.1) is 23.0 Å². The summed E-state index contributed by atoms with van der Waals surface area (Å²) in [6.07, 6.45) is 1.33. The zero-order valence-corrected chi connectivity index (χ0v) is 18.4. The number of morpholine rings is 1. The van der Waals surface area contributed by atoms with E-state index in [1.54, 1.807) is 29.2 Å².